The Balaban J connectivity index is 1.96. The van der Waals surface area contributed by atoms with Crippen molar-refractivity contribution in [1.29, 1.82) is 0 Å². The van der Waals surface area contributed by atoms with Crippen molar-refractivity contribution < 1.29 is 4.74 Å². The molecule has 0 radical (unpaired) electrons. The van der Waals surface area contributed by atoms with E-state index in [1.54, 1.807) is 7.11 Å². The third-order valence-electron chi connectivity index (χ3n) is 4.41. The smallest absolute Gasteiger partial charge is 0.121 e. The second kappa shape index (κ2) is 6.01. The van der Waals surface area contributed by atoms with Crippen LogP contribution in [0.3, 0.4) is 0 Å². The molecule has 1 aromatic carbocycles. The summed E-state index contributed by atoms with van der Waals surface area (Å²) in [4.78, 5) is 2.41. The van der Waals surface area contributed by atoms with Crippen LogP contribution in [0.5, 0.6) is 5.75 Å². The van der Waals surface area contributed by atoms with Crippen LogP contribution in [0, 0.1) is 13.8 Å². The standard InChI is InChI=1S/C17H24N4O/c1-12-17(20-9-7-14(18)8-10-20)13(2)21(19-12)15-5-4-6-16(11-15)22-3/h4-6,11,14H,7-10,18H2,1-3H3. The van der Waals surface area contributed by atoms with Gasteiger partial charge in [0.15, 0.2) is 0 Å². The molecule has 0 bridgehead atoms. The van der Waals surface area contributed by atoms with Crippen LogP contribution in [0.25, 0.3) is 5.69 Å². The maximum Gasteiger partial charge on any atom is 0.121 e. The van der Waals surface area contributed by atoms with E-state index in [0.29, 0.717) is 6.04 Å². The van der Waals surface area contributed by atoms with Gasteiger partial charge in [-0.2, -0.15) is 5.10 Å². The molecule has 0 spiro atoms. The number of piperidine rings is 1. The largest absolute Gasteiger partial charge is 0.497 e. The molecule has 0 atom stereocenters. The van der Waals surface area contributed by atoms with Crippen LogP contribution in [-0.2, 0) is 0 Å². The lowest BCUT2D eigenvalue weighted by Gasteiger charge is -2.32. The minimum atomic E-state index is 0.338. The molecule has 1 aliphatic rings. The number of aromatic nitrogens is 2. The fraction of sp³-hybridized carbons (Fsp3) is 0.471. The average molecular weight is 300 g/mol. The Morgan fingerprint density at radius 1 is 1.23 bits per heavy atom. The van der Waals surface area contributed by atoms with Crippen molar-refractivity contribution in [3.05, 3.63) is 35.7 Å². The molecule has 1 aliphatic heterocycles. The molecule has 1 aromatic heterocycles. The van der Waals surface area contributed by atoms with Crippen LogP contribution in [0.4, 0.5) is 5.69 Å². The second-order valence-electron chi connectivity index (χ2n) is 5.96. The molecule has 2 aromatic rings. The first-order valence-corrected chi connectivity index (χ1v) is 7.81. The molecule has 2 N–H and O–H groups in total. The van der Waals surface area contributed by atoms with Gasteiger partial charge in [0.2, 0.25) is 0 Å². The van der Waals surface area contributed by atoms with E-state index in [4.69, 9.17) is 15.6 Å². The van der Waals surface area contributed by atoms with Crippen molar-refractivity contribution in [2.45, 2.75) is 32.7 Å². The Morgan fingerprint density at radius 2 is 1.95 bits per heavy atom. The molecule has 5 nitrogen and oxygen atoms in total. The van der Waals surface area contributed by atoms with Crippen LogP contribution in [0.1, 0.15) is 24.2 Å². The number of rotatable bonds is 3. The lowest BCUT2D eigenvalue weighted by molar-refractivity contribution is 0.414. The molecule has 0 saturated carbocycles. The SMILES string of the molecule is COc1cccc(-n2nc(C)c(N3CCC(N)CC3)c2C)c1. The lowest BCUT2D eigenvalue weighted by atomic mass is 10.1. The Morgan fingerprint density at radius 3 is 2.64 bits per heavy atom. The number of nitrogens with zero attached hydrogens (tertiary/aromatic N) is 3. The number of benzene rings is 1. The highest BCUT2D eigenvalue weighted by molar-refractivity contribution is 5.57. The molecule has 118 valence electrons. The quantitative estimate of drug-likeness (QED) is 0.946. The Bertz CT molecular complexity index is 657. The molecule has 22 heavy (non-hydrogen) atoms. The number of nitrogens with two attached hydrogens (primary N) is 1. The van der Waals surface area contributed by atoms with Gasteiger partial charge >= 0.3 is 0 Å². The highest BCUT2D eigenvalue weighted by Gasteiger charge is 2.23. The first-order valence-electron chi connectivity index (χ1n) is 7.81. The van der Waals surface area contributed by atoms with E-state index in [0.717, 1.165) is 43.1 Å². The first kappa shape index (κ1) is 14.9. The third-order valence-corrected chi connectivity index (χ3v) is 4.41. The second-order valence-corrected chi connectivity index (χ2v) is 5.96. The van der Waals surface area contributed by atoms with Crippen LogP contribution < -0.4 is 15.4 Å². The summed E-state index contributed by atoms with van der Waals surface area (Å²) in [6.45, 7) is 6.22. The predicted molar refractivity (Wildman–Crippen MR) is 89.0 cm³/mol. The van der Waals surface area contributed by atoms with E-state index >= 15 is 0 Å². The number of hydrogen-bond donors (Lipinski definition) is 1. The Hall–Kier alpha value is -2.01. The average Bonchev–Trinajstić information content (AvgIpc) is 2.83. The summed E-state index contributed by atoms with van der Waals surface area (Å²) >= 11 is 0. The van der Waals surface area contributed by atoms with Gasteiger partial charge in [-0.25, -0.2) is 4.68 Å². The normalized spacial score (nSPS) is 16.1. The van der Waals surface area contributed by atoms with Gasteiger partial charge in [0.1, 0.15) is 5.75 Å². The van der Waals surface area contributed by atoms with E-state index in [1.807, 2.05) is 22.9 Å². The summed E-state index contributed by atoms with van der Waals surface area (Å²) in [5, 5.41) is 4.74. The van der Waals surface area contributed by atoms with E-state index in [1.165, 1.54) is 11.4 Å². The van der Waals surface area contributed by atoms with E-state index in [-0.39, 0.29) is 0 Å². The fourth-order valence-electron chi connectivity index (χ4n) is 3.21. The van der Waals surface area contributed by atoms with Crippen molar-refractivity contribution >= 4 is 5.69 Å². The number of hydrogen-bond acceptors (Lipinski definition) is 4. The monoisotopic (exact) mass is 300 g/mol. The van der Waals surface area contributed by atoms with Crippen molar-refractivity contribution in [3.63, 3.8) is 0 Å². The Labute approximate surface area is 131 Å². The zero-order chi connectivity index (χ0) is 15.7. The molecule has 3 rings (SSSR count). The highest BCUT2D eigenvalue weighted by atomic mass is 16.5. The molecular formula is C17H24N4O. The topological polar surface area (TPSA) is 56.3 Å². The number of aryl methyl sites for hydroxylation is 1. The predicted octanol–water partition coefficient (Wildman–Crippen LogP) is 2.43. The zero-order valence-corrected chi connectivity index (χ0v) is 13.5. The van der Waals surface area contributed by atoms with E-state index in [2.05, 4.69) is 24.8 Å². The maximum absolute atomic E-state index is 6.02. The van der Waals surface area contributed by atoms with Gasteiger partial charge < -0.3 is 15.4 Å². The van der Waals surface area contributed by atoms with Crippen molar-refractivity contribution in [2.75, 3.05) is 25.1 Å². The van der Waals surface area contributed by atoms with Gasteiger partial charge in [0.05, 0.1) is 29.9 Å². The van der Waals surface area contributed by atoms with Gasteiger partial charge in [-0.15, -0.1) is 0 Å². The fourth-order valence-corrected chi connectivity index (χ4v) is 3.21. The minimum absolute atomic E-state index is 0.338. The van der Waals surface area contributed by atoms with Gasteiger partial charge in [0, 0.05) is 25.2 Å². The molecule has 0 unspecified atom stereocenters. The van der Waals surface area contributed by atoms with Gasteiger partial charge in [-0.1, -0.05) is 6.07 Å². The van der Waals surface area contributed by atoms with Gasteiger partial charge in [0.25, 0.3) is 0 Å². The van der Waals surface area contributed by atoms with Crippen molar-refractivity contribution in [3.8, 4) is 11.4 Å². The van der Waals surface area contributed by atoms with Crippen LogP contribution in [-0.4, -0.2) is 36.0 Å². The van der Waals surface area contributed by atoms with Gasteiger partial charge in [-0.3, -0.25) is 0 Å². The van der Waals surface area contributed by atoms with Crippen molar-refractivity contribution in [2.24, 2.45) is 5.73 Å². The molecule has 1 saturated heterocycles. The highest BCUT2D eigenvalue weighted by Crippen LogP contribution is 2.29. The third kappa shape index (κ3) is 2.68. The summed E-state index contributed by atoms with van der Waals surface area (Å²) in [6.07, 6.45) is 2.09. The van der Waals surface area contributed by atoms with Gasteiger partial charge in [-0.05, 0) is 38.8 Å². The summed E-state index contributed by atoms with van der Waals surface area (Å²) in [6, 6.07) is 8.34. The first-order chi connectivity index (χ1) is 10.6. The van der Waals surface area contributed by atoms with Crippen LogP contribution >= 0.6 is 0 Å². The maximum atomic E-state index is 6.02. The van der Waals surface area contributed by atoms with E-state index < -0.39 is 0 Å². The Kier molecular flexibility index (Phi) is 4.07. The summed E-state index contributed by atoms with van der Waals surface area (Å²) in [5.74, 6) is 0.843. The summed E-state index contributed by atoms with van der Waals surface area (Å²) < 4.78 is 7.32. The van der Waals surface area contributed by atoms with Crippen LogP contribution in [0.15, 0.2) is 24.3 Å². The number of methoxy groups -OCH3 is 1. The van der Waals surface area contributed by atoms with Crippen LogP contribution in [0.2, 0.25) is 0 Å². The summed E-state index contributed by atoms with van der Waals surface area (Å²) in [5.41, 5.74) is 10.5. The molecule has 0 aliphatic carbocycles. The molecule has 2 heterocycles. The van der Waals surface area contributed by atoms with Crippen molar-refractivity contribution in [1.82, 2.24) is 9.78 Å². The molecule has 0 amide bonds. The zero-order valence-electron chi connectivity index (χ0n) is 13.5. The molecule has 5 heteroatoms. The number of ether oxygens (including phenoxy) is 1. The lowest BCUT2D eigenvalue weighted by Crippen LogP contribution is -2.40. The number of anilines is 1. The summed E-state index contributed by atoms with van der Waals surface area (Å²) in [7, 11) is 1.68. The minimum Gasteiger partial charge on any atom is -0.497 e. The molecular weight excluding hydrogens is 276 g/mol. The molecule has 1 fully saturated rings. The van der Waals surface area contributed by atoms with E-state index in [9.17, 15) is 0 Å².